The van der Waals surface area contributed by atoms with Crippen LogP contribution in [0.2, 0.25) is 0 Å². The summed E-state index contributed by atoms with van der Waals surface area (Å²) >= 11 is 0. The second-order valence-electron chi connectivity index (χ2n) is 8.59. The fraction of sp³-hybridized carbons (Fsp3) is 0.346. The highest BCUT2D eigenvalue weighted by atomic mass is 16.5. The van der Waals surface area contributed by atoms with E-state index in [-0.39, 0.29) is 30.8 Å². The van der Waals surface area contributed by atoms with Crippen molar-refractivity contribution in [3.8, 4) is 0 Å². The van der Waals surface area contributed by atoms with Gasteiger partial charge in [0, 0.05) is 12.3 Å². The zero-order valence-corrected chi connectivity index (χ0v) is 17.9. The SMILES string of the molecule is CC[C@H]1C2=CC(=O)C[C@]2(C(=O)OCc2ccccc2)C(=O)N2[C@@H]1OC[C@H]2c1ccccc1. The predicted octanol–water partition coefficient (Wildman–Crippen LogP) is 3.58. The highest BCUT2D eigenvalue weighted by molar-refractivity contribution is 6.15. The molecule has 4 atom stereocenters. The highest BCUT2D eigenvalue weighted by Gasteiger charge is 2.65. The van der Waals surface area contributed by atoms with Crippen LogP contribution in [0.5, 0.6) is 0 Å². The van der Waals surface area contributed by atoms with Crippen molar-refractivity contribution in [3.63, 3.8) is 0 Å². The predicted molar refractivity (Wildman–Crippen MR) is 116 cm³/mol. The Hall–Kier alpha value is -3.25. The summed E-state index contributed by atoms with van der Waals surface area (Å²) in [5.74, 6) is -1.51. The minimum Gasteiger partial charge on any atom is -0.460 e. The number of piperidine rings is 1. The Morgan fingerprint density at radius 3 is 2.47 bits per heavy atom. The van der Waals surface area contributed by atoms with Crippen LogP contribution < -0.4 is 0 Å². The Bertz CT molecular complexity index is 1080. The number of rotatable bonds is 5. The summed E-state index contributed by atoms with van der Waals surface area (Å²) in [6, 6.07) is 18.7. The van der Waals surface area contributed by atoms with Crippen molar-refractivity contribution < 1.29 is 23.9 Å². The molecule has 2 heterocycles. The molecular weight excluding hydrogens is 406 g/mol. The number of carbonyl (C=O) groups is 3. The largest absolute Gasteiger partial charge is 0.460 e. The number of esters is 1. The van der Waals surface area contributed by atoms with Gasteiger partial charge in [0.2, 0.25) is 5.91 Å². The highest BCUT2D eigenvalue weighted by Crippen LogP contribution is 2.54. The normalized spacial score (nSPS) is 28.8. The van der Waals surface area contributed by atoms with Gasteiger partial charge in [-0.15, -0.1) is 0 Å². The lowest BCUT2D eigenvalue weighted by Crippen LogP contribution is -2.59. The number of hydrogen-bond donors (Lipinski definition) is 0. The summed E-state index contributed by atoms with van der Waals surface area (Å²) in [5.41, 5.74) is 0.710. The fourth-order valence-electron chi connectivity index (χ4n) is 5.28. The Morgan fingerprint density at radius 1 is 1.09 bits per heavy atom. The van der Waals surface area contributed by atoms with Crippen LogP contribution in [0.1, 0.15) is 36.9 Å². The first kappa shape index (κ1) is 20.6. The first-order chi connectivity index (χ1) is 15.6. The third-order valence-corrected chi connectivity index (χ3v) is 6.81. The van der Waals surface area contributed by atoms with E-state index in [0.29, 0.717) is 18.6 Å². The number of ketones is 1. The van der Waals surface area contributed by atoms with Crippen LogP contribution in [-0.4, -0.2) is 35.4 Å². The zero-order valence-electron chi connectivity index (χ0n) is 17.9. The van der Waals surface area contributed by atoms with Gasteiger partial charge in [-0.05, 0) is 29.2 Å². The van der Waals surface area contributed by atoms with Crippen molar-refractivity contribution in [2.45, 2.75) is 38.6 Å². The van der Waals surface area contributed by atoms with E-state index in [1.54, 1.807) is 4.90 Å². The molecule has 1 amide bonds. The average molecular weight is 431 g/mol. The van der Waals surface area contributed by atoms with Crippen LogP contribution in [-0.2, 0) is 30.5 Å². The van der Waals surface area contributed by atoms with Gasteiger partial charge in [-0.25, -0.2) is 0 Å². The van der Waals surface area contributed by atoms with E-state index in [2.05, 4.69) is 0 Å². The molecule has 32 heavy (non-hydrogen) atoms. The molecule has 5 rings (SSSR count). The van der Waals surface area contributed by atoms with Crippen LogP contribution in [0.3, 0.4) is 0 Å². The molecule has 2 aromatic rings. The van der Waals surface area contributed by atoms with Crippen LogP contribution in [0.15, 0.2) is 72.3 Å². The van der Waals surface area contributed by atoms with E-state index >= 15 is 0 Å². The molecule has 2 aliphatic heterocycles. The van der Waals surface area contributed by atoms with Gasteiger partial charge in [0.1, 0.15) is 12.8 Å². The van der Waals surface area contributed by atoms with Crippen molar-refractivity contribution in [2.24, 2.45) is 11.3 Å². The number of carbonyl (C=O) groups excluding carboxylic acids is 3. The van der Waals surface area contributed by atoms with Crippen molar-refractivity contribution in [1.29, 1.82) is 0 Å². The van der Waals surface area contributed by atoms with Crippen molar-refractivity contribution in [1.82, 2.24) is 4.90 Å². The molecule has 0 unspecified atom stereocenters. The Kier molecular flexibility index (Phi) is 5.18. The molecule has 0 aromatic heterocycles. The molecule has 2 aromatic carbocycles. The Morgan fingerprint density at radius 2 is 1.78 bits per heavy atom. The van der Waals surface area contributed by atoms with Gasteiger partial charge in [-0.2, -0.15) is 0 Å². The monoisotopic (exact) mass is 431 g/mol. The molecule has 0 bridgehead atoms. The number of ether oxygens (including phenoxy) is 2. The van der Waals surface area contributed by atoms with Gasteiger partial charge in [-0.1, -0.05) is 67.6 Å². The van der Waals surface area contributed by atoms with E-state index in [4.69, 9.17) is 9.47 Å². The second-order valence-corrected chi connectivity index (χ2v) is 8.59. The van der Waals surface area contributed by atoms with Gasteiger partial charge < -0.3 is 14.4 Å². The molecule has 0 radical (unpaired) electrons. The van der Waals surface area contributed by atoms with Crippen LogP contribution >= 0.6 is 0 Å². The summed E-state index contributed by atoms with van der Waals surface area (Å²) in [7, 11) is 0. The maximum absolute atomic E-state index is 14.0. The van der Waals surface area contributed by atoms with Gasteiger partial charge >= 0.3 is 5.97 Å². The topological polar surface area (TPSA) is 72.9 Å². The van der Waals surface area contributed by atoms with E-state index in [1.807, 2.05) is 67.6 Å². The molecule has 2 saturated heterocycles. The third kappa shape index (κ3) is 3.09. The van der Waals surface area contributed by atoms with Gasteiger partial charge in [0.05, 0.1) is 12.6 Å². The van der Waals surface area contributed by atoms with Crippen molar-refractivity contribution in [2.75, 3.05) is 6.61 Å². The van der Waals surface area contributed by atoms with E-state index < -0.39 is 23.5 Å². The molecule has 6 nitrogen and oxygen atoms in total. The van der Waals surface area contributed by atoms with Crippen LogP contribution in [0.25, 0.3) is 0 Å². The lowest BCUT2D eigenvalue weighted by Gasteiger charge is -2.46. The maximum Gasteiger partial charge on any atom is 0.326 e. The van der Waals surface area contributed by atoms with Gasteiger partial charge in [0.25, 0.3) is 0 Å². The van der Waals surface area contributed by atoms with Crippen LogP contribution in [0, 0.1) is 11.3 Å². The Balaban J connectivity index is 1.52. The summed E-state index contributed by atoms with van der Waals surface area (Å²) < 4.78 is 11.7. The van der Waals surface area contributed by atoms with Crippen molar-refractivity contribution >= 4 is 17.7 Å². The number of amides is 1. The fourth-order valence-corrected chi connectivity index (χ4v) is 5.28. The molecule has 0 N–H and O–H groups in total. The summed E-state index contributed by atoms with van der Waals surface area (Å²) in [6.45, 7) is 2.39. The second kappa shape index (κ2) is 8.02. The standard InChI is InChI=1S/C26H25NO5/c1-2-20-21-13-19(28)14-26(21,25(30)32-15-17-9-5-3-6-10-17)24(29)27-22(16-31-23(20)27)18-11-7-4-8-12-18/h3-13,20,22-23H,2,14-16H2,1H3/t20-,22-,23+,26+/m0/s1. The quantitative estimate of drug-likeness (QED) is 0.535. The molecule has 164 valence electrons. The molecule has 2 fully saturated rings. The van der Waals surface area contributed by atoms with E-state index in [9.17, 15) is 14.4 Å². The molecular formula is C26H25NO5. The smallest absolute Gasteiger partial charge is 0.326 e. The number of nitrogens with zero attached hydrogens (tertiary/aromatic N) is 1. The first-order valence-corrected chi connectivity index (χ1v) is 11.0. The summed E-state index contributed by atoms with van der Waals surface area (Å²) in [6.07, 6.45) is 1.44. The lowest BCUT2D eigenvalue weighted by atomic mass is 9.69. The van der Waals surface area contributed by atoms with Gasteiger partial charge in [-0.3, -0.25) is 14.4 Å². The van der Waals surface area contributed by atoms with E-state index in [1.165, 1.54) is 6.08 Å². The van der Waals surface area contributed by atoms with Crippen LogP contribution in [0.4, 0.5) is 0 Å². The molecule has 3 aliphatic rings. The van der Waals surface area contributed by atoms with Crippen molar-refractivity contribution in [3.05, 3.63) is 83.4 Å². The molecule has 0 spiro atoms. The lowest BCUT2D eigenvalue weighted by molar-refractivity contribution is -0.174. The Labute approximate surface area is 186 Å². The van der Waals surface area contributed by atoms with E-state index in [0.717, 1.165) is 11.1 Å². The minimum absolute atomic E-state index is 0.0506. The number of allylic oxidation sites excluding steroid dienone is 1. The molecule has 6 heteroatoms. The third-order valence-electron chi connectivity index (χ3n) is 6.81. The maximum atomic E-state index is 14.0. The number of benzene rings is 2. The average Bonchev–Trinajstić information content (AvgIpc) is 3.42. The molecule has 0 saturated carbocycles. The number of fused-ring (bicyclic) bond motifs is 2. The zero-order chi connectivity index (χ0) is 22.3. The number of hydrogen-bond acceptors (Lipinski definition) is 5. The molecule has 1 aliphatic carbocycles. The van der Waals surface area contributed by atoms with Gasteiger partial charge in [0.15, 0.2) is 11.2 Å². The minimum atomic E-state index is -1.61. The first-order valence-electron chi connectivity index (χ1n) is 11.0. The summed E-state index contributed by atoms with van der Waals surface area (Å²) in [5, 5.41) is 0. The summed E-state index contributed by atoms with van der Waals surface area (Å²) in [4.78, 5) is 41.8.